The molecule has 6 nitrogen and oxygen atoms in total. The smallest absolute Gasteiger partial charge is 0.259 e. The van der Waals surface area contributed by atoms with E-state index in [1.165, 1.54) is 19.6 Å². The van der Waals surface area contributed by atoms with Gasteiger partial charge in [-0.05, 0) is 18.2 Å². The number of aromatic nitrogens is 2. The maximum atomic E-state index is 12.1. The minimum atomic E-state index is -0.380. The van der Waals surface area contributed by atoms with Crippen molar-refractivity contribution in [1.82, 2.24) is 9.97 Å². The molecular formula is C12H11ClN4O2. The molecule has 98 valence electrons. The Balaban J connectivity index is 2.28. The second-order valence-electron chi connectivity index (χ2n) is 3.62. The fourth-order valence-electron chi connectivity index (χ4n) is 1.48. The number of halogens is 1. The van der Waals surface area contributed by atoms with Gasteiger partial charge in [0.1, 0.15) is 17.8 Å². The van der Waals surface area contributed by atoms with Crippen molar-refractivity contribution in [2.24, 2.45) is 0 Å². The van der Waals surface area contributed by atoms with Gasteiger partial charge in [-0.3, -0.25) is 4.79 Å². The Kier molecular flexibility index (Phi) is 3.82. The summed E-state index contributed by atoms with van der Waals surface area (Å²) in [6.45, 7) is 0. The second-order valence-corrected chi connectivity index (χ2v) is 4.06. The lowest BCUT2D eigenvalue weighted by atomic mass is 10.2. The lowest BCUT2D eigenvalue weighted by Gasteiger charge is -2.10. The van der Waals surface area contributed by atoms with Crippen molar-refractivity contribution in [3.05, 3.63) is 41.3 Å². The SMILES string of the molecule is COc1cc(Cl)ccc1C(=O)Nc1cncnc1N. The van der Waals surface area contributed by atoms with Crippen molar-refractivity contribution in [1.29, 1.82) is 0 Å². The van der Waals surface area contributed by atoms with E-state index < -0.39 is 0 Å². The molecule has 3 N–H and O–H groups in total. The Bertz CT molecular complexity index is 618. The molecule has 0 fully saturated rings. The maximum absolute atomic E-state index is 12.1. The third-order valence-corrected chi connectivity index (χ3v) is 2.63. The molecule has 1 amide bonds. The molecule has 0 saturated carbocycles. The van der Waals surface area contributed by atoms with Gasteiger partial charge in [-0.15, -0.1) is 0 Å². The van der Waals surface area contributed by atoms with Crippen LogP contribution in [0.3, 0.4) is 0 Å². The van der Waals surface area contributed by atoms with Gasteiger partial charge in [0.25, 0.3) is 5.91 Å². The molecule has 1 aromatic carbocycles. The average Bonchev–Trinajstić information content (AvgIpc) is 2.41. The lowest BCUT2D eigenvalue weighted by Crippen LogP contribution is -2.15. The molecule has 0 saturated heterocycles. The largest absolute Gasteiger partial charge is 0.496 e. The fourth-order valence-corrected chi connectivity index (χ4v) is 1.64. The van der Waals surface area contributed by atoms with E-state index in [9.17, 15) is 4.79 Å². The number of hydrogen-bond donors (Lipinski definition) is 2. The minimum Gasteiger partial charge on any atom is -0.496 e. The summed E-state index contributed by atoms with van der Waals surface area (Å²) in [7, 11) is 1.46. The predicted octanol–water partition coefficient (Wildman–Crippen LogP) is 1.97. The zero-order valence-electron chi connectivity index (χ0n) is 10.1. The van der Waals surface area contributed by atoms with Crippen molar-refractivity contribution in [2.45, 2.75) is 0 Å². The van der Waals surface area contributed by atoms with Crippen molar-refractivity contribution < 1.29 is 9.53 Å². The first-order valence-electron chi connectivity index (χ1n) is 5.32. The van der Waals surface area contributed by atoms with Crippen LogP contribution in [0.5, 0.6) is 5.75 Å². The summed E-state index contributed by atoms with van der Waals surface area (Å²) in [4.78, 5) is 19.7. The van der Waals surface area contributed by atoms with Gasteiger partial charge >= 0.3 is 0 Å². The van der Waals surface area contributed by atoms with Gasteiger partial charge < -0.3 is 15.8 Å². The number of ether oxygens (including phenoxy) is 1. The molecule has 0 radical (unpaired) electrons. The summed E-state index contributed by atoms with van der Waals surface area (Å²) in [5, 5.41) is 3.09. The van der Waals surface area contributed by atoms with E-state index in [0.717, 1.165) is 0 Å². The van der Waals surface area contributed by atoms with Crippen LogP contribution in [0.2, 0.25) is 5.02 Å². The van der Waals surface area contributed by atoms with E-state index in [0.29, 0.717) is 22.0 Å². The molecule has 0 bridgehead atoms. The highest BCUT2D eigenvalue weighted by Crippen LogP contribution is 2.24. The number of anilines is 2. The first-order valence-corrected chi connectivity index (χ1v) is 5.70. The van der Waals surface area contributed by atoms with E-state index >= 15 is 0 Å². The van der Waals surface area contributed by atoms with Gasteiger partial charge in [0, 0.05) is 5.02 Å². The molecule has 0 spiro atoms. The van der Waals surface area contributed by atoms with E-state index in [2.05, 4.69) is 15.3 Å². The molecular weight excluding hydrogens is 268 g/mol. The van der Waals surface area contributed by atoms with Gasteiger partial charge in [-0.1, -0.05) is 11.6 Å². The first-order chi connectivity index (χ1) is 9.11. The summed E-state index contributed by atoms with van der Waals surface area (Å²) in [6, 6.07) is 4.72. The number of nitrogen functional groups attached to an aromatic ring is 1. The van der Waals surface area contributed by atoms with Gasteiger partial charge in [0.05, 0.1) is 18.9 Å². The molecule has 0 aliphatic carbocycles. The predicted molar refractivity (Wildman–Crippen MR) is 72.4 cm³/mol. The Hall–Kier alpha value is -2.34. The van der Waals surface area contributed by atoms with Crippen LogP contribution in [0, 0.1) is 0 Å². The van der Waals surface area contributed by atoms with Crippen LogP contribution < -0.4 is 15.8 Å². The Morgan fingerprint density at radius 3 is 2.95 bits per heavy atom. The molecule has 0 atom stereocenters. The summed E-state index contributed by atoms with van der Waals surface area (Å²) < 4.78 is 5.11. The number of rotatable bonds is 3. The molecule has 0 aliphatic rings. The normalized spacial score (nSPS) is 10.0. The lowest BCUT2D eigenvalue weighted by molar-refractivity contribution is 0.102. The number of nitrogens with one attached hydrogen (secondary N) is 1. The molecule has 2 rings (SSSR count). The van der Waals surface area contributed by atoms with Crippen LogP contribution in [0.15, 0.2) is 30.7 Å². The monoisotopic (exact) mass is 278 g/mol. The summed E-state index contributed by atoms with van der Waals surface area (Å²) in [5.41, 5.74) is 6.30. The summed E-state index contributed by atoms with van der Waals surface area (Å²) in [6.07, 6.45) is 2.72. The van der Waals surface area contributed by atoms with Crippen LogP contribution in [0.25, 0.3) is 0 Å². The zero-order valence-corrected chi connectivity index (χ0v) is 10.8. The van der Waals surface area contributed by atoms with Gasteiger partial charge in [0.2, 0.25) is 0 Å². The highest BCUT2D eigenvalue weighted by Gasteiger charge is 2.14. The first kappa shape index (κ1) is 13.1. The summed E-state index contributed by atoms with van der Waals surface area (Å²) in [5.74, 6) is 0.187. The highest BCUT2D eigenvalue weighted by atomic mass is 35.5. The second kappa shape index (κ2) is 5.53. The molecule has 19 heavy (non-hydrogen) atoms. The summed E-state index contributed by atoms with van der Waals surface area (Å²) >= 11 is 5.83. The Morgan fingerprint density at radius 1 is 1.47 bits per heavy atom. The quantitative estimate of drug-likeness (QED) is 0.896. The number of hydrogen-bond acceptors (Lipinski definition) is 5. The standard InChI is InChI=1S/C12H11ClN4O2/c1-19-10-4-7(13)2-3-8(10)12(18)17-9-5-15-6-16-11(9)14/h2-6H,1H3,(H,17,18)(H2,14,15,16). The van der Waals surface area contributed by atoms with Crippen molar-refractivity contribution in [2.75, 3.05) is 18.2 Å². The fraction of sp³-hybridized carbons (Fsp3) is 0.0833. The third kappa shape index (κ3) is 2.92. The Morgan fingerprint density at radius 2 is 2.26 bits per heavy atom. The van der Waals surface area contributed by atoms with E-state index in [1.807, 2.05) is 0 Å². The van der Waals surface area contributed by atoms with E-state index in [-0.39, 0.29) is 11.7 Å². The molecule has 0 unspecified atom stereocenters. The van der Waals surface area contributed by atoms with Crippen LogP contribution >= 0.6 is 11.6 Å². The number of carbonyl (C=O) groups excluding carboxylic acids is 1. The van der Waals surface area contributed by atoms with Crippen LogP contribution in [-0.2, 0) is 0 Å². The molecule has 1 aromatic heterocycles. The van der Waals surface area contributed by atoms with Crippen LogP contribution in [0.4, 0.5) is 11.5 Å². The van der Waals surface area contributed by atoms with Gasteiger partial charge in [-0.2, -0.15) is 0 Å². The number of nitrogens with zero attached hydrogens (tertiary/aromatic N) is 2. The van der Waals surface area contributed by atoms with Crippen LogP contribution in [0.1, 0.15) is 10.4 Å². The molecule has 1 heterocycles. The van der Waals surface area contributed by atoms with Gasteiger partial charge in [0.15, 0.2) is 5.82 Å². The third-order valence-electron chi connectivity index (χ3n) is 2.40. The number of methoxy groups -OCH3 is 1. The van der Waals surface area contributed by atoms with Crippen molar-refractivity contribution in [3.63, 3.8) is 0 Å². The van der Waals surface area contributed by atoms with E-state index in [4.69, 9.17) is 22.1 Å². The van der Waals surface area contributed by atoms with Crippen molar-refractivity contribution >= 4 is 29.0 Å². The van der Waals surface area contributed by atoms with Gasteiger partial charge in [-0.25, -0.2) is 9.97 Å². The number of nitrogens with two attached hydrogens (primary N) is 1. The van der Waals surface area contributed by atoms with Crippen molar-refractivity contribution in [3.8, 4) is 5.75 Å². The Labute approximate surface area is 114 Å². The topological polar surface area (TPSA) is 90.1 Å². The maximum Gasteiger partial charge on any atom is 0.259 e. The average molecular weight is 279 g/mol. The molecule has 2 aromatic rings. The molecule has 7 heteroatoms. The van der Waals surface area contributed by atoms with Crippen LogP contribution in [-0.4, -0.2) is 23.0 Å². The highest BCUT2D eigenvalue weighted by molar-refractivity contribution is 6.31. The number of carbonyl (C=O) groups is 1. The molecule has 0 aliphatic heterocycles. The van der Waals surface area contributed by atoms with E-state index in [1.54, 1.807) is 18.2 Å². The minimum absolute atomic E-state index is 0.191. The number of benzene rings is 1. The number of amides is 1. The zero-order chi connectivity index (χ0) is 13.8.